The van der Waals surface area contributed by atoms with Crippen LogP contribution in [0.2, 0.25) is 0 Å². The lowest BCUT2D eigenvalue weighted by Crippen LogP contribution is -2.23. The van der Waals surface area contributed by atoms with E-state index in [1.165, 1.54) is 37.7 Å². The van der Waals surface area contributed by atoms with Crippen molar-refractivity contribution >= 4 is 0 Å². The van der Waals surface area contributed by atoms with Crippen molar-refractivity contribution in [3.63, 3.8) is 0 Å². The summed E-state index contributed by atoms with van der Waals surface area (Å²) in [5, 5.41) is 0. The van der Waals surface area contributed by atoms with Crippen LogP contribution in [0.1, 0.15) is 50.5 Å². The smallest absolute Gasteiger partial charge is 0.0133 e. The van der Waals surface area contributed by atoms with E-state index in [-0.39, 0.29) is 0 Å². The maximum Gasteiger partial charge on any atom is -0.0133 e. The van der Waals surface area contributed by atoms with E-state index in [1.54, 1.807) is 0 Å². The van der Waals surface area contributed by atoms with Crippen LogP contribution < -0.4 is 0 Å². The van der Waals surface area contributed by atoms with Crippen LogP contribution in [0.25, 0.3) is 0 Å². The summed E-state index contributed by atoms with van der Waals surface area (Å²) in [6, 6.07) is 11.7. The first-order chi connectivity index (χ1) is 6.92. The summed E-state index contributed by atoms with van der Waals surface area (Å²) in [4.78, 5) is 0. The molecular weight excluding hydrogens is 168 g/mol. The molecule has 0 saturated heterocycles. The molecule has 75 valence electrons. The summed E-state index contributed by atoms with van der Waals surface area (Å²) in [7, 11) is 0. The van der Waals surface area contributed by atoms with E-state index in [9.17, 15) is 0 Å². The normalized spacial score (nSPS) is 25.8. The largest absolute Gasteiger partial charge is 0.0654 e. The van der Waals surface area contributed by atoms with Crippen LogP contribution in [0.15, 0.2) is 24.3 Å². The average Bonchev–Trinajstić information content (AvgIpc) is 2.18. The molecule has 1 aromatic rings. The van der Waals surface area contributed by atoms with Crippen molar-refractivity contribution in [2.75, 3.05) is 0 Å². The minimum atomic E-state index is 0.858. The van der Waals surface area contributed by atoms with Crippen molar-refractivity contribution in [3.8, 4) is 0 Å². The van der Waals surface area contributed by atoms with Crippen molar-refractivity contribution in [1.29, 1.82) is 0 Å². The molecule has 0 nitrogen and oxygen atoms in total. The average molecular weight is 187 g/mol. The van der Waals surface area contributed by atoms with Gasteiger partial charge in [0.2, 0.25) is 0 Å². The quantitative estimate of drug-likeness (QED) is 0.663. The summed E-state index contributed by atoms with van der Waals surface area (Å²) >= 11 is 0. The van der Waals surface area contributed by atoms with Crippen molar-refractivity contribution in [1.82, 2.24) is 0 Å². The van der Waals surface area contributed by atoms with Gasteiger partial charge in [-0.25, -0.2) is 0 Å². The molecule has 1 fully saturated rings. The van der Waals surface area contributed by atoms with Crippen molar-refractivity contribution in [2.24, 2.45) is 5.92 Å². The standard InChI is InChI=1S/C14H19/c1-2-3-7-13-10-11-14(13)12-8-5-4-6-9-12/h5-6,8-9,13-14H,2-3,7,10-11H2,1H3. The van der Waals surface area contributed by atoms with Crippen LogP contribution in [0, 0.1) is 12.0 Å². The van der Waals surface area contributed by atoms with Gasteiger partial charge in [0.15, 0.2) is 0 Å². The zero-order chi connectivity index (χ0) is 9.80. The summed E-state index contributed by atoms with van der Waals surface area (Å²) < 4.78 is 0. The van der Waals surface area contributed by atoms with E-state index < -0.39 is 0 Å². The van der Waals surface area contributed by atoms with Gasteiger partial charge in [-0.1, -0.05) is 44.0 Å². The molecule has 0 heteroatoms. The van der Waals surface area contributed by atoms with Gasteiger partial charge >= 0.3 is 0 Å². The number of benzene rings is 1. The Bertz CT molecular complexity index is 263. The van der Waals surface area contributed by atoms with Crippen LogP contribution in [-0.4, -0.2) is 0 Å². The van der Waals surface area contributed by atoms with Crippen LogP contribution in [0.5, 0.6) is 0 Å². The molecule has 2 unspecified atom stereocenters. The van der Waals surface area contributed by atoms with Gasteiger partial charge in [-0.3, -0.25) is 0 Å². The Hall–Kier alpha value is -0.780. The third kappa shape index (κ3) is 2.00. The molecule has 1 radical (unpaired) electrons. The van der Waals surface area contributed by atoms with E-state index in [4.69, 9.17) is 0 Å². The third-order valence-electron chi connectivity index (χ3n) is 3.52. The highest BCUT2D eigenvalue weighted by Gasteiger charge is 2.30. The number of hydrogen-bond acceptors (Lipinski definition) is 0. The summed E-state index contributed by atoms with van der Waals surface area (Å²) in [5.41, 5.74) is 1.54. The molecule has 1 aliphatic carbocycles. The van der Waals surface area contributed by atoms with Crippen LogP contribution in [-0.2, 0) is 0 Å². The fourth-order valence-electron chi connectivity index (χ4n) is 2.47. The molecule has 0 spiro atoms. The zero-order valence-electron chi connectivity index (χ0n) is 9.00. The fraction of sp³-hybridized carbons (Fsp3) is 0.571. The van der Waals surface area contributed by atoms with Crippen molar-refractivity contribution < 1.29 is 0 Å². The Morgan fingerprint density at radius 1 is 1.29 bits per heavy atom. The number of unbranched alkanes of at least 4 members (excludes halogenated alkanes) is 1. The van der Waals surface area contributed by atoms with Gasteiger partial charge in [0.05, 0.1) is 0 Å². The Morgan fingerprint density at radius 2 is 2.07 bits per heavy atom. The van der Waals surface area contributed by atoms with Crippen LogP contribution in [0.3, 0.4) is 0 Å². The lowest BCUT2D eigenvalue weighted by atomic mass is 9.68. The number of rotatable bonds is 4. The van der Waals surface area contributed by atoms with Crippen molar-refractivity contribution in [2.45, 2.75) is 44.9 Å². The van der Waals surface area contributed by atoms with Crippen molar-refractivity contribution in [3.05, 3.63) is 35.9 Å². The highest BCUT2D eigenvalue weighted by molar-refractivity contribution is 5.21. The third-order valence-corrected chi connectivity index (χ3v) is 3.52. The summed E-state index contributed by atoms with van der Waals surface area (Å²) in [6.07, 6.45) is 7.02. The second-order valence-corrected chi connectivity index (χ2v) is 4.42. The second-order valence-electron chi connectivity index (χ2n) is 4.42. The van der Waals surface area contributed by atoms with Gasteiger partial charge < -0.3 is 0 Å². The predicted molar refractivity (Wildman–Crippen MR) is 60.3 cm³/mol. The van der Waals surface area contributed by atoms with E-state index in [2.05, 4.69) is 25.1 Å². The highest BCUT2D eigenvalue weighted by Crippen LogP contribution is 2.44. The lowest BCUT2D eigenvalue weighted by molar-refractivity contribution is 0.234. The zero-order valence-corrected chi connectivity index (χ0v) is 9.00. The Kier molecular flexibility index (Phi) is 3.23. The maximum absolute atomic E-state index is 3.09. The first kappa shape index (κ1) is 9.76. The molecule has 1 aliphatic rings. The van der Waals surface area contributed by atoms with Gasteiger partial charge in [-0.05, 0) is 42.7 Å². The molecular formula is C14H19. The Balaban J connectivity index is 1.93. The van der Waals surface area contributed by atoms with Gasteiger partial charge in [-0.2, -0.15) is 0 Å². The number of hydrogen-bond donors (Lipinski definition) is 0. The fourth-order valence-corrected chi connectivity index (χ4v) is 2.47. The van der Waals surface area contributed by atoms with E-state index in [0.717, 1.165) is 11.8 Å². The van der Waals surface area contributed by atoms with Crippen LogP contribution in [0.4, 0.5) is 0 Å². The molecule has 0 amide bonds. The van der Waals surface area contributed by atoms with E-state index >= 15 is 0 Å². The molecule has 1 aromatic carbocycles. The molecule has 0 N–H and O–H groups in total. The molecule has 0 aromatic heterocycles. The SMILES string of the molecule is CCCCC1CCC1c1cc[c]cc1. The van der Waals surface area contributed by atoms with E-state index in [0.29, 0.717) is 0 Å². The first-order valence-corrected chi connectivity index (χ1v) is 5.88. The maximum atomic E-state index is 3.09. The minimum Gasteiger partial charge on any atom is -0.0654 e. The van der Waals surface area contributed by atoms with Gasteiger partial charge in [0, 0.05) is 0 Å². The molecule has 1 saturated carbocycles. The monoisotopic (exact) mass is 187 g/mol. The molecule has 2 atom stereocenters. The van der Waals surface area contributed by atoms with Gasteiger partial charge in [0.1, 0.15) is 0 Å². The molecule has 2 rings (SSSR count). The van der Waals surface area contributed by atoms with Crippen LogP contribution >= 0.6 is 0 Å². The summed E-state index contributed by atoms with van der Waals surface area (Å²) in [5.74, 6) is 1.83. The molecule has 14 heavy (non-hydrogen) atoms. The van der Waals surface area contributed by atoms with E-state index in [1.807, 2.05) is 12.1 Å². The van der Waals surface area contributed by atoms with Gasteiger partial charge in [-0.15, -0.1) is 0 Å². The van der Waals surface area contributed by atoms with Gasteiger partial charge in [0.25, 0.3) is 0 Å². The lowest BCUT2D eigenvalue weighted by Gasteiger charge is -2.37. The molecule has 0 aliphatic heterocycles. The summed E-state index contributed by atoms with van der Waals surface area (Å²) in [6.45, 7) is 2.28. The topological polar surface area (TPSA) is 0 Å². The minimum absolute atomic E-state index is 0.858. The first-order valence-electron chi connectivity index (χ1n) is 5.88. The Labute approximate surface area is 87.3 Å². The molecule has 0 heterocycles. The highest BCUT2D eigenvalue weighted by atomic mass is 14.4. The Morgan fingerprint density at radius 3 is 2.64 bits per heavy atom. The predicted octanol–water partition coefficient (Wildman–Crippen LogP) is 4.17. The second kappa shape index (κ2) is 4.63. The molecule has 0 bridgehead atoms.